The van der Waals surface area contributed by atoms with E-state index in [1.807, 2.05) is 66.7 Å². The Hall–Kier alpha value is -2.85. The van der Waals surface area contributed by atoms with Gasteiger partial charge >= 0.3 is 5.97 Å². The van der Waals surface area contributed by atoms with Crippen LogP contribution >= 0.6 is 15.9 Å². The minimum Gasteiger partial charge on any atom is -0.488 e. The largest absolute Gasteiger partial charge is 0.488 e. The number of halogens is 1. The highest BCUT2D eigenvalue weighted by atomic mass is 79.9. The van der Waals surface area contributed by atoms with Crippen molar-refractivity contribution in [2.24, 2.45) is 0 Å². The molecule has 0 bridgehead atoms. The van der Waals surface area contributed by atoms with Gasteiger partial charge in [-0.15, -0.1) is 0 Å². The lowest BCUT2D eigenvalue weighted by molar-refractivity contribution is 0.0696. The van der Waals surface area contributed by atoms with E-state index in [0.29, 0.717) is 12.2 Å². The Labute approximate surface area is 160 Å². The monoisotopic (exact) mass is 408 g/mol. The van der Waals surface area contributed by atoms with Crippen LogP contribution in [-0.2, 0) is 6.61 Å². The van der Waals surface area contributed by atoms with Crippen LogP contribution in [-0.4, -0.2) is 11.1 Å². The first-order chi connectivity index (χ1) is 12.6. The van der Waals surface area contributed by atoms with Crippen LogP contribution in [0.15, 0.2) is 77.3 Å². The maximum atomic E-state index is 11.4. The van der Waals surface area contributed by atoms with Crippen LogP contribution in [0.2, 0.25) is 0 Å². The molecule has 0 fully saturated rings. The lowest BCUT2D eigenvalue weighted by Crippen LogP contribution is -2.00. The minimum absolute atomic E-state index is 0.248. The molecule has 130 valence electrons. The highest BCUT2D eigenvalue weighted by Crippen LogP contribution is 2.26. The number of ether oxygens (including phenoxy) is 1. The molecule has 3 rings (SSSR count). The molecule has 0 heterocycles. The molecule has 0 spiro atoms. The molecule has 4 heteroatoms. The second-order valence-corrected chi connectivity index (χ2v) is 6.51. The van der Waals surface area contributed by atoms with E-state index in [1.54, 1.807) is 18.2 Å². The third kappa shape index (κ3) is 4.41. The molecule has 0 amide bonds. The molecular formula is C22H17BrO3. The molecule has 3 aromatic rings. The summed E-state index contributed by atoms with van der Waals surface area (Å²) in [5, 5.41) is 9.37. The average molecular weight is 409 g/mol. The summed E-state index contributed by atoms with van der Waals surface area (Å²) in [7, 11) is 0. The highest BCUT2D eigenvalue weighted by Gasteiger charge is 2.10. The van der Waals surface area contributed by atoms with E-state index in [4.69, 9.17) is 4.74 Å². The average Bonchev–Trinajstić information content (AvgIpc) is 2.66. The Morgan fingerprint density at radius 2 is 1.65 bits per heavy atom. The summed E-state index contributed by atoms with van der Waals surface area (Å²) in [4.78, 5) is 11.4. The van der Waals surface area contributed by atoms with Gasteiger partial charge in [-0.1, -0.05) is 82.7 Å². The Balaban J connectivity index is 1.85. The fourth-order valence-electron chi connectivity index (χ4n) is 2.55. The second-order valence-electron chi connectivity index (χ2n) is 5.65. The molecule has 0 atom stereocenters. The van der Waals surface area contributed by atoms with Gasteiger partial charge in [-0.25, -0.2) is 4.79 Å². The Morgan fingerprint density at radius 1 is 0.923 bits per heavy atom. The van der Waals surface area contributed by atoms with Gasteiger partial charge in [0, 0.05) is 15.6 Å². The number of benzene rings is 3. The molecule has 26 heavy (non-hydrogen) atoms. The highest BCUT2D eigenvalue weighted by molar-refractivity contribution is 9.10. The third-order valence-corrected chi connectivity index (χ3v) is 4.56. The summed E-state index contributed by atoms with van der Waals surface area (Å²) < 4.78 is 6.67. The summed E-state index contributed by atoms with van der Waals surface area (Å²) in [5.41, 5.74) is 2.84. The van der Waals surface area contributed by atoms with E-state index in [2.05, 4.69) is 15.9 Å². The molecule has 0 saturated carbocycles. The molecule has 0 aliphatic rings. The van der Waals surface area contributed by atoms with Crippen LogP contribution in [0.25, 0.3) is 12.2 Å². The van der Waals surface area contributed by atoms with Crippen LogP contribution in [0.4, 0.5) is 0 Å². The van der Waals surface area contributed by atoms with Crippen molar-refractivity contribution in [3.05, 3.63) is 99.5 Å². The van der Waals surface area contributed by atoms with Gasteiger partial charge in [0.25, 0.3) is 0 Å². The molecule has 0 radical (unpaired) electrons. The summed E-state index contributed by atoms with van der Waals surface area (Å²) in [5.74, 6) is -0.212. The van der Waals surface area contributed by atoms with Crippen molar-refractivity contribution >= 4 is 34.1 Å². The van der Waals surface area contributed by atoms with E-state index < -0.39 is 5.97 Å². The van der Waals surface area contributed by atoms with Crippen molar-refractivity contribution < 1.29 is 14.6 Å². The Morgan fingerprint density at radius 3 is 2.42 bits per heavy atom. The third-order valence-electron chi connectivity index (χ3n) is 3.87. The smallest absolute Gasteiger partial charge is 0.336 e. The van der Waals surface area contributed by atoms with Crippen LogP contribution < -0.4 is 4.74 Å². The molecule has 0 unspecified atom stereocenters. The maximum absolute atomic E-state index is 11.4. The zero-order chi connectivity index (χ0) is 18.4. The van der Waals surface area contributed by atoms with Gasteiger partial charge in [0.2, 0.25) is 0 Å². The van der Waals surface area contributed by atoms with Crippen LogP contribution in [0, 0.1) is 0 Å². The summed E-state index contributed by atoms with van der Waals surface area (Å²) >= 11 is 3.42. The molecule has 3 aromatic carbocycles. The van der Waals surface area contributed by atoms with Gasteiger partial charge in [-0.2, -0.15) is 0 Å². The van der Waals surface area contributed by atoms with E-state index in [1.165, 1.54) is 0 Å². The molecule has 0 aromatic heterocycles. The Kier molecular flexibility index (Phi) is 5.87. The topological polar surface area (TPSA) is 46.5 Å². The number of hydrogen-bond acceptors (Lipinski definition) is 2. The fourth-order valence-corrected chi connectivity index (χ4v) is 3.05. The van der Waals surface area contributed by atoms with Crippen molar-refractivity contribution in [1.29, 1.82) is 0 Å². The zero-order valence-corrected chi connectivity index (χ0v) is 15.5. The molecule has 0 saturated heterocycles. The number of carboxylic acids is 1. The van der Waals surface area contributed by atoms with Crippen molar-refractivity contribution in [3.63, 3.8) is 0 Å². The fraction of sp³-hybridized carbons (Fsp3) is 0.0455. The Bertz CT molecular complexity index is 933. The number of carbonyl (C=O) groups is 1. The van der Waals surface area contributed by atoms with Gasteiger partial charge in [0.15, 0.2) is 0 Å². The van der Waals surface area contributed by atoms with Crippen molar-refractivity contribution in [2.75, 3.05) is 0 Å². The molecule has 1 N–H and O–H groups in total. The van der Waals surface area contributed by atoms with Gasteiger partial charge in [0.05, 0.1) is 5.56 Å². The van der Waals surface area contributed by atoms with Crippen molar-refractivity contribution in [3.8, 4) is 5.75 Å². The first-order valence-corrected chi connectivity index (χ1v) is 8.90. The lowest BCUT2D eigenvalue weighted by atomic mass is 10.1. The summed E-state index contributed by atoms with van der Waals surface area (Å²) in [6, 6.07) is 22.8. The van der Waals surface area contributed by atoms with Crippen LogP contribution in [0.3, 0.4) is 0 Å². The summed E-state index contributed by atoms with van der Waals surface area (Å²) in [6.45, 7) is 0.473. The van der Waals surface area contributed by atoms with E-state index >= 15 is 0 Å². The lowest BCUT2D eigenvalue weighted by Gasteiger charge is -2.10. The first-order valence-electron chi connectivity index (χ1n) is 8.11. The molecule has 0 aliphatic carbocycles. The first kappa shape index (κ1) is 18.0. The van der Waals surface area contributed by atoms with Gasteiger partial charge < -0.3 is 9.84 Å². The minimum atomic E-state index is -0.959. The SMILES string of the molecule is O=C(O)c1cccc(Br)c1C=Cc1ccccc1OCc1ccccc1. The van der Waals surface area contributed by atoms with Crippen molar-refractivity contribution in [1.82, 2.24) is 0 Å². The van der Waals surface area contributed by atoms with E-state index in [9.17, 15) is 9.90 Å². The number of aromatic carboxylic acids is 1. The quantitative estimate of drug-likeness (QED) is 0.516. The number of carboxylic acid groups (broad SMARTS) is 1. The van der Waals surface area contributed by atoms with Crippen molar-refractivity contribution in [2.45, 2.75) is 6.61 Å². The van der Waals surface area contributed by atoms with Gasteiger partial charge in [-0.3, -0.25) is 0 Å². The standard InChI is InChI=1S/C22H17BrO3/c23-20-11-6-10-19(22(24)25)18(20)14-13-17-9-4-5-12-21(17)26-15-16-7-2-1-3-8-16/h1-14H,15H2,(H,24,25). The predicted molar refractivity (Wildman–Crippen MR) is 107 cm³/mol. The predicted octanol–water partition coefficient (Wildman–Crippen LogP) is 5.90. The summed E-state index contributed by atoms with van der Waals surface area (Å²) in [6.07, 6.45) is 3.66. The van der Waals surface area contributed by atoms with E-state index in [0.717, 1.165) is 21.3 Å². The zero-order valence-electron chi connectivity index (χ0n) is 13.9. The number of hydrogen-bond donors (Lipinski definition) is 1. The van der Waals surface area contributed by atoms with E-state index in [-0.39, 0.29) is 5.56 Å². The van der Waals surface area contributed by atoms with Crippen LogP contribution in [0.1, 0.15) is 27.0 Å². The molecule has 0 aliphatic heterocycles. The molecular weight excluding hydrogens is 392 g/mol. The van der Waals surface area contributed by atoms with Gasteiger partial charge in [-0.05, 0) is 23.8 Å². The maximum Gasteiger partial charge on any atom is 0.336 e. The number of para-hydroxylation sites is 1. The van der Waals surface area contributed by atoms with Gasteiger partial charge in [0.1, 0.15) is 12.4 Å². The van der Waals surface area contributed by atoms with Crippen LogP contribution in [0.5, 0.6) is 5.75 Å². The molecule has 3 nitrogen and oxygen atoms in total. The number of rotatable bonds is 6. The normalized spacial score (nSPS) is 10.8. The second kappa shape index (κ2) is 8.50.